The molecule has 0 aliphatic heterocycles. The van der Waals surface area contributed by atoms with Crippen molar-refractivity contribution in [2.24, 2.45) is 0 Å². The van der Waals surface area contributed by atoms with E-state index in [1.54, 1.807) is 13.3 Å². The molecule has 0 radical (unpaired) electrons. The van der Waals surface area contributed by atoms with Gasteiger partial charge in [-0.05, 0) is 43.0 Å². The molecule has 7 heteroatoms. The van der Waals surface area contributed by atoms with Crippen LogP contribution in [0, 0.1) is 0 Å². The number of nitrogens with two attached hydrogens (primary N) is 1. The minimum absolute atomic E-state index is 0.384. The van der Waals surface area contributed by atoms with Gasteiger partial charge in [-0.15, -0.1) is 5.10 Å². The smallest absolute Gasteiger partial charge is 0.154 e. The van der Waals surface area contributed by atoms with E-state index in [1.807, 2.05) is 18.2 Å². The summed E-state index contributed by atoms with van der Waals surface area (Å²) in [5.41, 5.74) is 10.1. The average molecular weight is 439 g/mol. The number of nitrogens with one attached hydrogen (secondary N) is 1. The number of para-hydroxylation sites is 1. The van der Waals surface area contributed by atoms with E-state index >= 15 is 0 Å². The summed E-state index contributed by atoms with van der Waals surface area (Å²) < 4.78 is 7.40. The summed E-state index contributed by atoms with van der Waals surface area (Å²) in [5, 5.41) is 8.23. The molecule has 7 nitrogen and oxygen atoms in total. The van der Waals surface area contributed by atoms with Gasteiger partial charge in [-0.3, -0.25) is 0 Å². The van der Waals surface area contributed by atoms with Crippen molar-refractivity contribution in [3.63, 3.8) is 0 Å². The molecule has 0 saturated heterocycles. The van der Waals surface area contributed by atoms with Crippen LogP contribution in [0.4, 0.5) is 17.5 Å². The second-order valence-electron chi connectivity index (χ2n) is 8.04. The molecule has 3 N–H and O–H groups in total. The summed E-state index contributed by atoms with van der Waals surface area (Å²) in [7, 11) is 1.68. The highest BCUT2D eigenvalue weighted by Gasteiger charge is 2.22. The molecule has 1 aliphatic rings. The summed E-state index contributed by atoms with van der Waals surface area (Å²) in [6, 6.07) is 18.6. The Balaban J connectivity index is 1.58. The highest BCUT2D eigenvalue weighted by atomic mass is 16.5. The van der Waals surface area contributed by atoms with E-state index in [2.05, 4.69) is 68.5 Å². The Labute approximate surface area is 193 Å². The van der Waals surface area contributed by atoms with E-state index in [1.165, 1.54) is 11.9 Å². The van der Waals surface area contributed by atoms with Crippen molar-refractivity contribution < 1.29 is 4.74 Å². The first kappa shape index (κ1) is 20.8. The van der Waals surface area contributed by atoms with Crippen molar-refractivity contribution in [2.45, 2.75) is 25.2 Å². The van der Waals surface area contributed by atoms with Gasteiger partial charge in [0.1, 0.15) is 17.4 Å². The zero-order chi connectivity index (χ0) is 22.6. The Morgan fingerprint density at radius 3 is 2.58 bits per heavy atom. The van der Waals surface area contributed by atoms with E-state index in [-0.39, 0.29) is 0 Å². The van der Waals surface area contributed by atoms with Crippen LogP contribution in [0.3, 0.4) is 0 Å². The van der Waals surface area contributed by atoms with Gasteiger partial charge in [-0.25, -0.2) is 14.6 Å². The third-order valence-corrected chi connectivity index (χ3v) is 5.89. The first-order chi connectivity index (χ1) is 16.2. The van der Waals surface area contributed by atoms with Crippen molar-refractivity contribution in [2.75, 3.05) is 18.2 Å². The molecule has 0 fully saturated rings. The minimum Gasteiger partial charge on any atom is -0.497 e. The highest BCUT2D eigenvalue weighted by Crippen LogP contribution is 2.35. The number of benzene rings is 2. The van der Waals surface area contributed by atoms with Gasteiger partial charge in [-0.2, -0.15) is 0 Å². The summed E-state index contributed by atoms with van der Waals surface area (Å²) in [6.45, 7) is 0. The molecule has 2 heterocycles. The van der Waals surface area contributed by atoms with Gasteiger partial charge in [0.2, 0.25) is 0 Å². The molecular weight excluding hydrogens is 412 g/mol. The predicted octanol–water partition coefficient (Wildman–Crippen LogP) is 5.49. The number of methoxy groups -OCH3 is 1. The van der Waals surface area contributed by atoms with Crippen molar-refractivity contribution in [3.05, 3.63) is 84.8 Å². The van der Waals surface area contributed by atoms with Crippen molar-refractivity contribution in [1.29, 1.82) is 0 Å². The van der Waals surface area contributed by atoms with Crippen LogP contribution in [0.15, 0.2) is 79.1 Å². The fraction of sp³-hybridized carbons (Fsp3) is 0.192. The number of rotatable bonds is 6. The van der Waals surface area contributed by atoms with Crippen LogP contribution >= 0.6 is 0 Å². The van der Waals surface area contributed by atoms with Gasteiger partial charge in [0.15, 0.2) is 5.82 Å². The van der Waals surface area contributed by atoms with Crippen LogP contribution in [0.5, 0.6) is 5.75 Å². The van der Waals surface area contributed by atoms with Gasteiger partial charge in [-0.1, -0.05) is 42.5 Å². The molecule has 2 aromatic carbocycles. The molecule has 33 heavy (non-hydrogen) atoms. The number of ether oxygens (including phenoxy) is 1. The molecule has 0 bridgehead atoms. The maximum atomic E-state index is 5.68. The SMILES string of the molecule is COc1ccc(-c2ccccc2-n2nc(Nc3cnc(N)cn3)cc2C2CC=CCC2)cc1. The molecule has 0 spiro atoms. The molecule has 1 aliphatic carbocycles. The summed E-state index contributed by atoms with van der Waals surface area (Å²) in [4.78, 5) is 8.43. The van der Waals surface area contributed by atoms with E-state index < -0.39 is 0 Å². The molecule has 2 aromatic heterocycles. The van der Waals surface area contributed by atoms with Gasteiger partial charge >= 0.3 is 0 Å². The molecule has 1 unspecified atom stereocenters. The van der Waals surface area contributed by atoms with Gasteiger partial charge < -0.3 is 15.8 Å². The Hall–Kier alpha value is -4.13. The molecule has 4 aromatic rings. The number of allylic oxidation sites excluding steroid dienone is 2. The van der Waals surface area contributed by atoms with Crippen molar-refractivity contribution >= 4 is 17.5 Å². The summed E-state index contributed by atoms with van der Waals surface area (Å²) in [6.07, 6.45) is 10.8. The normalized spacial score (nSPS) is 15.4. The lowest BCUT2D eigenvalue weighted by Gasteiger charge is -2.20. The largest absolute Gasteiger partial charge is 0.497 e. The molecule has 1 atom stereocenters. The number of hydrogen-bond acceptors (Lipinski definition) is 6. The Morgan fingerprint density at radius 2 is 1.85 bits per heavy atom. The predicted molar refractivity (Wildman–Crippen MR) is 131 cm³/mol. The van der Waals surface area contributed by atoms with Crippen LogP contribution in [-0.4, -0.2) is 26.9 Å². The van der Waals surface area contributed by atoms with Crippen molar-refractivity contribution in [3.8, 4) is 22.6 Å². The first-order valence-corrected chi connectivity index (χ1v) is 11.0. The van der Waals surface area contributed by atoms with Crippen molar-refractivity contribution in [1.82, 2.24) is 19.7 Å². The summed E-state index contributed by atoms with van der Waals surface area (Å²) >= 11 is 0. The Morgan fingerprint density at radius 1 is 1.00 bits per heavy atom. The number of nitrogens with zero attached hydrogens (tertiary/aromatic N) is 4. The Kier molecular flexibility index (Phi) is 5.76. The average Bonchev–Trinajstić information content (AvgIpc) is 3.30. The van der Waals surface area contributed by atoms with Crippen LogP contribution in [0.25, 0.3) is 16.8 Å². The van der Waals surface area contributed by atoms with Gasteiger partial charge in [0, 0.05) is 23.2 Å². The molecule has 0 amide bonds. The van der Waals surface area contributed by atoms with Crippen LogP contribution in [0.1, 0.15) is 30.9 Å². The molecular formula is C26H26N6O. The van der Waals surface area contributed by atoms with Gasteiger partial charge in [0.25, 0.3) is 0 Å². The maximum absolute atomic E-state index is 5.68. The topological polar surface area (TPSA) is 90.9 Å². The lowest BCUT2D eigenvalue weighted by Crippen LogP contribution is -2.10. The monoisotopic (exact) mass is 438 g/mol. The highest BCUT2D eigenvalue weighted by molar-refractivity contribution is 5.74. The fourth-order valence-corrected chi connectivity index (χ4v) is 4.21. The van der Waals surface area contributed by atoms with Crippen LogP contribution in [0.2, 0.25) is 0 Å². The van der Waals surface area contributed by atoms with E-state index in [4.69, 9.17) is 15.6 Å². The third kappa shape index (κ3) is 4.43. The number of aromatic nitrogens is 4. The molecule has 166 valence electrons. The zero-order valence-electron chi connectivity index (χ0n) is 18.5. The van der Waals surface area contributed by atoms with E-state index in [0.29, 0.717) is 17.6 Å². The standard InChI is InChI=1S/C26H26N6O/c1-33-20-13-11-18(12-14-20)21-9-5-6-10-22(21)32-23(19-7-3-2-4-8-19)15-25(31-32)30-26-17-28-24(27)16-29-26/h2-3,5-6,9-17,19H,4,7-8H2,1H3,(H2,27,28)(H,29,30,31). The van der Waals surface area contributed by atoms with Crippen LogP contribution in [-0.2, 0) is 0 Å². The number of anilines is 3. The fourth-order valence-electron chi connectivity index (χ4n) is 4.21. The molecule has 5 rings (SSSR count). The number of hydrogen-bond donors (Lipinski definition) is 2. The van der Waals surface area contributed by atoms with E-state index in [9.17, 15) is 0 Å². The maximum Gasteiger partial charge on any atom is 0.154 e. The minimum atomic E-state index is 0.384. The lowest BCUT2D eigenvalue weighted by atomic mass is 9.91. The number of nitrogen functional groups attached to an aromatic ring is 1. The summed E-state index contributed by atoms with van der Waals surface area (Å²) in [5.74, 6) is 2.94. The molecule has 0 saturated carbocycles. The second-order valence-corrected chi connectivity index (χ2v) is 8.04. The quantitative estimate of drug-likeness (QED) is 0.387. The first-order valence-electron chi connectivity index (χ1n) is 11.0. The zero-order valence-corrected chi connectivity index (χ0v) is 18.5. The van der Waals surface area contributed by atoms with Gasteiger partial charge in [0.05, 0.1) is 25.2 Å². The Bertz CT molecular complexity index is 1260. The van der Waals surface area contributed by atoms with Crippen LogP contribution < -0.4 is 15.8 Å². The lowest BCUT2D eigenvalue weighted by molar-refractivity contribution is 0.415. The second kappa shape index (κ2) is 9.16. The third-order valence-electron chi connectivity index (χ3n) is 5.89. The van der Waals surface area contributed by atoms with E-state index in [0.717, 1.165) is 47.6 Å².